The number of nitrogens with two attached hydrogens (primary N) is 1. The van der Waals surface area contributed by atoms with Gasteiger partial charge in [-0.2, -0.15) is 10.3 Å². The van der Waals surface area contributed by atoms with Crippen molar-refractivity contribution in [3.8, 4) is 27.6 Å². The molecule has 0 spiro atoms. The van der Waals surface area contributed by atoms with Crippen molar-refractivity contribution < 1.29 is 4.74 Å². The van der Waals surface area contributed by atoms with E-state index in [9.17, 15) is 0 Å². The molecule has 0 aliphatic rings. The van der Waals surface area contributed by atoms with Crippen molar-refractivity contribution in [2.75, 3.05) is 5.73 Å². The van der Waals surface area contributed by atoms with E-state index >= 15 is 0 Å². The number of H-pyrrole nitrogens is 1. The first-order valence-corrected chi connectivity index (χ1v) is 9.41. The maximum Gasteiger partial charge on any atom is 0.173 e. The van der Waals surface area contributed by atoms with Gasteiger partial charge in [0.1, 0.15) is 23.1 Å². The third-order valence-corrected chi connectivity index (χ3v) is 5.47. The van der Waals surface area contributed by atoms with Gasteiger partial charge in [0.25, 0.3) is 0 Å². The molecule has 27 heavy (non-hydrogen) atoms. The Kier molecular flexibility index (Phi) is 4.79. The highest BCUT2D eigenvalue weighted by atomic mass is 35.5. The van der Waals surface area contributed by atoms with Crippen molar-refractivity contribution in [2.45, 2.75) is 13.5 Å². The van der Waals surface area contributed by atoms with Gasteiger partial charge in [-0.25, -0.2) is 4.98 Å². The summed E-state index contributed by atoms with van der Waals surface area (Å²) >= 11 is 7.57. The van der Waals surface area contributed by atoms with E-state index in [0.29, 0.717) is 23.1 Å². The zero-order chi connectivity index (χ0) is 18.8. The summed E-state index contributed by atoms with van der Waals surface area (Å²) in [5.74, 6) is 1.09. The summed E-state index contributed by atoms with van der Waals surface area (Å²) in [6.07, 6.45) is 0. The maximum absolute atomic E-state index is 5.97. The second-order valence-corrected chi connectivity index (χ2v) is 7.43. The number of nitrogens with one attached hydrogen (secondary N) is 1. The van der Waals surface area contributed by atoms with Gasteiger partial charge < -0.3 is 10.5 Å². The SMILES string of the molecule is Cc1nc(-c2ccc(Cl)cc2)sc1COc1cccc(-c2n[nH]nc2N)c1. The Hall–Kier alpha value is -2.90. The lowest BCUT2D eigenvalue weighted by atomic mass is 10.1. The predicted octanol–water partition coefficient (Wildman–Crippen LogP) is 4.72. The number of benzene rings is 2. The van der Waals surface area contributed by atoms with Crippen molar-refractivity contribution >= 4 is 28.8 Å². The molecule has 4 aromatic rings. The van der Waals surface area contributed by atoms with Crippen LogP contribution < -0.4 is 10.5 Å². The van der Waals surface area contributed by atoms with Gasteiger partial charge >= 0.3 is 0 Å². The summed E-state index contributed by atoms with van der Waals surface area (Å²) in [7, 11) is 0. The zero-order valence-electron chi connectivity index (χ0n) is 14.4. The zero-order valence-corrected chi connectivity index (χ0v) is 16.0. The number of nitrogen functional groups attached to an aromatic ring is 1. The van der Waals surface area contributed by atoms with Crippen LogP contribution in [0.25, 0.3) is 21.8 Å². The number of hydrogen-bond donors (Lipinski definition) is 2. The molecule has 2 heterocycles. The van der Waals surface area contributed by atoms with Crippen LogP contribution in [0.1, 0.15) is 10.6 Å². The molecular weight excluding hydrogens is 382 g/mol. The minimum Gasteiger partial charge on any atom is -0.488 e. The molecule has 0 bridgehead atoms. The molecule has 3 N–H and O–H groups in total. The summed E-state index contributed by atoms with van der Waals surface area (Å²) in [6.45, 7) is 2.43. The maximum atomic E-state index is 5.97. The Morgan fingerprint density at radius 3 is 2.67 bits per heavy atom. The molecule has 2 aromatic heterocycles. The lowest BCUT2D eigenvalue weighted by molar-refractivity contribution is 0.309. The molecule has 0 amide bonds. The third-order valence-electron chi connectivity index (χ3n) is 4.04. The molecule has 0 aliphatic carbocycles. The predicted molar refractivity (Wildman–Crippen MR) is 108 cm³/mol. The van der Waals surface area contributed by atoms with Crippen LogP contribution in [-0.4, -0.2) is 20.4 Å². The molecule has 8 heteroatoms. The molecule has 136 valence electrons. The van der Waals surface area contributed by atoms with E-state index in [-0.39, 0.29) is 0 Å². The van der Waals surface area contributed by atoms with Gasteiger partial charge in [-0.1, -0.05) is 35.9 Å². The molecule has 0 radical (unpaired) electrons. The first kappa shape index (κ1) is 17.5. The van der Waals surface area contributed by atoms with Crippen LogP contribution in [0.5, 0.6) is 5.75 Å². The fourth-order valence-electron chi connectivity index (χ4n) is 2.61. The second-order valence-electron chi connectivity index (χ2n) is 5.91. The molecule has 0 atom stereocenters. The van der Waals surface area contributed by atoms with Crippen LogP contribution in [0, 0.1) is 6.92 Å². The minimum absolute atomic E-state index is 0.359. The van der Waals surface area contributed by atoms with Crippen LogP contribution in [0.15, 0.2) is 48.5 Å². The Morgan fingerprint density at radius 2 is 1.93 bits per heavy atom. The van der Waals surface area contributed by atoms with Crippen LogP contribution in [-0.2, 0) is 6.61 Å². The van der Waals surface area contributed by atoms with Crippen LogP contribution >= 0.6 is 22.9 Å². The monoisotopic (exact) mass is 397 g/mol. The summed E-state index contributed by atoms with van der Waals surface area (Å²) < 4.78 is 5.97. The van der Waals surface area contributed by atoms with Gasteiger partial charge in [0.05, 0.1) is 10.6 Å². The lowest BCUT2D eigenvalue weighted by Gasteiger charge is -2.06. The van der Waals surface area contributed by atoms with Crippen LogP contribution in [0.3, 0.4) is 0 Å². The van der Waals surface area contributed by atoms with Crippen molar-refractivity contribution in [1.82, 2.24) is 20.4 Å². The Morgan fingerprint density at radius 1 is 1.11 bits per heavy atom. The number of hydrogen-bond acceptors (Lipinski definition) is 6. The van der Waals surface area contributed by atoms with E-state index in [4.69, 9.17) is 22.1 Å². The number of aromatic nitrogens is 4. The largest absolute Gasteiger partial charge is 0.488 e. The molecule has 0 saturated heterocycles. The van der Waals surface area contributed by atoms with Crippen molar-refractivity contribution in [3.05, 3.63) is 64.1 Å². The van der Waals surface area contributed by atoms with Gasteiger partial charge in [-0.05, 0) is 31.2 Å². The van der Waals surface area contributed by atoms with Gasteiger partial charge in [0.2, 0.25) is 0 Å². The van der Waals surface area contributed by atoms with E-state index in [1.165, 1.54) is 0 Å². The number of aromatic amines is 1. The highest BCUT2D eigenvalue weighted by molar-refractivity contribution is 7.15. The fourth-order valence-corrected chi connectivity index (χ4v) is 3.72. The highest BCUT2D eigenvalue weighted by Gasteiger charge is 2.12. The van der Waals surface area contributed by atoms with E-state index in [2.05, 4.69) is 20.4 Å². The van der Waals surface area contributed by atoms with Gasteiger partial charge in [0, 0.05) is 16.1 Å². The van der Waals surface area contributed by atoms with Gasteiger partial charge in [-0.3, -0.25) is 0 Å². The average Bonchev–Trinajstić information content (AvgIpc) is 3.26. The number of ether oxygens (including phenoxy) is 1. The Bertz CT molecular complexity index is 1070. The standard InChI is InChI=1S/C19H16ClN5OS/c1-11-16(27-19(22-11)12-5-7-14(20)8-6-12)10-26-15-4-2-3-13(9-15)17-18(21)24-25-23-17/h2-9H,10H2,1H3,(H3,21,23,24,25). The highest BCUT2D eigenvalue weighted by Crippen LogP contribution is 2.30. The molecule has 0 fully saturated rings. The lowest BCUT2D eigenvalue weighted by Crippen LogP contribution is -1.95. The molecule has 4 rings (SSSR count). The fraction of sp³-hybridized carbons (Fsp3) is 0.105. The number of nitrogens with zero attached hydrogens (tertiary/aromatic N) is 3. The average molecular weight is 398 g/mol. The quantitative estimate of drug-likeness (QED) is 0.508. The molecule has 0 unspecified atom stereocenters. The third kappa shape index (κ3) is 3.79. The summed E-state index contributed by atoms with van der Waals surface area (Å²) in [4.78, 5) is 5.72. The number of rotatable bonds is 5. The minimum atomic E-state index is 0.359. The van der Waals surface area contributed by atoms with Crippen molar-refractivity contribution in [2.24, 2.45) is 0 Å². The van der Waals surface area contributed by atoms with Crippen molar-refractivity contribution in [3.63, 3.8) is 0 Å². The first-order valence-electron chi connectivity index (χ1n) is 8.22. The number of aryl methyl sites for hydroxylation is 1. The Balaban J connectivity index is 1.51. The Labute approximate surface area is 165 Å². The van der Waals surface area contributed by atoms with E-state index in [1.807, 2.05) is 55.5 Å². The molecular formula is C19H16ClN5OS. The van der Waals surface area contributed by atoms with E-state index in [0.717, 1.165) is 32.5 Å². The number of anilines is 1. The van der Waals surface area contributed by atoms with Gasteiger partial charge in [0.15, 0.2) is 5.82 Å². The molecule has 6 nitrogen and oxygen atoms in total. The van der Waals surface area contributed by atoms with E-state index < -0.39 is 0 Å². The second kappa shape index (κ2) is 7.38. The summed E-state index contributed by atoms with van der Waals surface area (Å²) in [5, 5.41) is 12.1. The number of halogens is 1. The normalized spacial score (nSPS) is 10.9. The van der Waals surface area contributed by atoms with E-state index in [1.54, 1.807) is 11.3 Å². The smallest absolute Gasteiger partial charge is 0.173 e. The summed E-state index contributed by atoms with van der Waals surface area (Å²) in [5.41, 5.74) is 9.28. The topological polar surface area (TPSA) is 89.7 Å². The van der Waals surface area contributed by atoms with Gasteiger partial charge in [-0.15, -0.1) is 16.4 Å². The molecule has 2 aromatic carbocycles. The van der Waals surface area contributed by atoms with Crippen LogP contribution in [0.2, 0.25) is 5.02 Å². The summed E-state index contributed by atoms with van der Waals surface area (Å²) in [6, 6.07) is 15.3. The van der Waals surface area contributed by atoms with Crippen LogP contribution in [0.4, 0.5) is 5.82 Å². The van der Waals surface area contributed by atoms with Crippen molar-refractivity contribution in [1.29, 1.82) is 0 Å². The number of thiazole rings is 1. The molecule has 0 aliphatic heterocycles. The first-order chi connectivity index (χ1) is 13.1. The molecule has 0 saturated carbocycles.